The van der Waals surface area contributed by atoms with Gasteiger partial charge < -0.3 is 10.1 Å². The molecule has 1 aromatic heterocycles. The Kier molecular flexibility index (Phi) is 5.36. The molecule has 0 saturated heterocycles. The van der Waals surface area contributed by atoms with Crippen molar-refractivity contribution in [3.8, 4) is 22.6 Å². The first-order chi connectivity index (χ1) is 15.3. The largest absolute Gasteiger partial charge is 0.489 e. The second-order valence-electron chi connectivity index (χ2n) is 8.60. The fraction of sp³-hybridized carbons (Fsp3) is 0.192. The molecular weight excluding hydrogens is 456 g/mol. The minimum atomic E-state index is -0.192. The van der Waals surface area contributed by atoms with Gasteiger partial charge in [-0.3, -0.25) is 3.96 Å². The van der Waals surface area contributed by atoms with Gasteiger partial charge >= 0.3 is 0 Å². The molecular formula is C26H23ClN2OS2. The molecule has 0 spiro atoms. The standard InChI is InChI=1S/C26H23ClN2OS2/c1-16-4-13-22-21(14-16)23-24(26(2,3)28-22)32-29(25(23)31)19-9-11-20(12-10-19)30-15-17-5-7-18(27)8-6-17/h4-14,28H,15H2,1-3H3. The molecule has 1 aliphatic heterocycles. The number of hydrogen-bond acceptors (Lipinski definition) is 4. The Labute approximate surface area is 202 Å². The van der Waals surface area contributed by atoms with Crippen molar-refractivity contribution in [3.05, 3.63) is 92.4 Å². The second kappa shape index (κ2) is 8.07. The molecule has 0 atom stereocenters. The zero-order chi connectivity index (χ0) is 22.5. The maximum absolute atomic E-state index is 5.98. The Balaban J connectivity index is 1.46. The molecule has 0 fully saturated rings. The first kappa shape index (κ1) is 21.3. The van der Waals surface area contributed by atoms with Crippen LogP contribution in [0, 0.1) is 11.6 Å². The van der Waals surface area contributed by atoms with Gasteiger partial charge in [-0.1, -0.05) is 59.1 Å². The summed E-state index contributed by atoms with van der Waals surface area (Å²) in [5.74, 6) is 0.819. The van der Waals surface area contributed by atoms with Crippen molar-refractivity contribution in [3.63, 3.8) is 0 Å². The number of aryl methyl sites for hydroxylation is 1. The van der Waals surface area contributed by atoms with E-state index in [2.05, 4.69) is 60.4 Å². The highest BCUT2D eigenvalue weighted by atomic mass is 35.5. The number of hydrogen-bond donors (Lipinski definition) is 1. The predicted molar refractivity (Wildman–Crippen MR) is 137 cm³/mol. The van der Waals surface area contributed by atoms with Crippen LogP contribution in [0.25, 0.3) is 16.8 Å². The number of nitrogens with zero attached hydrogens (tertiary/aromatic N) is 1. The van der Waals surface area contributed by atoms with E-state index in [1.165, 1.54) is 16.0 Å². The molecule has 3 aromatic carbocycles. The number of aromatic nitrogens is 1. The van der Waals surface area contributed by atoms with Gasteiger partial charge in [-0.25, -0.2) is 0 Å². The molecule has 32 heavy (non-hydrogen) atoms. The lowest BCUT2D eigenvalue weighted by molar-refractivity contribution is 0.306. The lowest BCUT2D eigenvalue weighted by Crippen LogP contribution is -2.30. The van der Waals surface area contributed by atoms with E-state index in [9.17, 15) is 0 Å². The molecule has 0 aliphatic carbocycles. The molecule has 5 rings (SSSR count). The van der Waals surface area contributed by atoms with Crippen LogP contribution in [-0.2, 0) is 12.1 Å². The third-order valence-corrected chi connectivity index (χ3v) is 7.88. The van der Waals surface area contributed by atoms with Gasteiger partial charge in [0.15, 0.2) is 0 Å². The maximum atomic E-state index is 5.98. The zero-order valence-corrected chi connectivity index (χ0v) is 20.5. The molecule has 1 aliphatic rings. The molecule has 3 nitrogen and oxygen atoms in total. The first-order valence-electron chi connectivity index (χ1n) is 10.5. The van der Waals surface area contributed by atoms with Gasteiger partial charge in [0.05, 0.1) is 16.1 Å². The Bertz CT molecular complexity index is 1350. The highest BCUT2D eigenvalue weighted by molar-refractivity contribution is 7.71. The number of ether oxygens (including phenoxy) is 1. The summed E-state index contributed by atoms with van der Waals surface area (Å²) < 4.78 is 8.93. The number of rotatable bonds is 4. The molecule has 6 heteroatoms. The lowest BCUT2D eigenvalue weighted by atomic mass is 9.89. The van der Waals surface area contributed by atoms with Gasteiger partial charge in [-0.15, -0.1) is 0 Å². The van der Waals surface area contributed by atoms with Crippen molar-refractivity contribution in [2.75, 3.05) is 5.32 Å². The van der Waals surface area contributed by atoms with Gasteiger partial charge in [-0.05, 0) is 74.9 Å². The molecule has 0 radical (unpaired) electrons. The molecule has 0 saturated carbocycles. The molecule has 1 N–H and O–H groups in total. The van der Waals surface area contributed by atoms with Crippen molar-refractivity contribution in [2.24, 2.45) is 0 Å². The van der Waals surface area contributed by atoms with Crippen LogP contribution in [0.2, 0.25) is 5.02 Å². The van der Waals surface area contributed by atoms with Gasteiger partial charge in [0.1, 0.15) is 17.0 Å². The molecule has 0 bridgehead atoms. The number of halogens is 1. The van der Waals surface area contributed by atoms with Gasteiger partial charge in [0, 0.05) is 21.8 Å². The molecule has 0 amide bonds. The summed E-state index contributed by atoms with van der Waals surface area (Å²) in [7, 11) is 0. The van der Waals surface area contributed by atoms with Crippen LogP contribution in [0.5, 0.6) is 5.75 Å². The van der Waals surface area contributed by atoms with Crippen molar-refractivity contribution >= 4 is 41.0 Å². The van der Waals surface area contributed by atoms with Crippen molar-refractivity contribution in [1.29, 1.82) is 0 Å². The van der Waals surface area contributed by atoms with Crippen LogP contribution < -0.4 is 10.1 Å². The Morgan fingerprint density at radius 2 is 1.75 bits per heavy atom. The van der Waals surface area contributed by atoms with Crippen LogP contribution in [0.1, 0.15) is 29.9 Å². The molecule has 2 heterocycles. The van der Waals surface area contributed by atoms with Crippen LogP contribution in [-0.4, -0.2) is 3.96 Å². The average Bonchev–Trinajstić information content (AvgIpc) is 3.13. The molecule has 162 valence electrons. The topological polar surface area (TPSA) is 26.2 Å². The van der Waals surface area contributed by atoms with E-state index in [0.29, 0.717) is 6.61 Å². The Hall–Kier alpha value is -2.60. The number of nitrogens with one attached hydrogen (secondary N) is 1. The minimum Gasteiger partial charge on any atom is -0.489 e. The van der Waals surface area contributed by atoms with Gasteiger partial charge in [0.2, 0.25) is 0 Å². The van der Waals surface area contributed by atoms with Crippen LogP contribution in [0.3, 0.4) is 0 Å². The summed E-state index contributed by atoms with van der Waals surface area (Å²) in [5.41, 5.74) is 6.63. The SMILES string of the molecule is Cc1ccc2c(c1)-c1c(sn(-c3ccc(OCc4ccc(Cl)cc4)cc3)c1=S)C(C)(C)N2. The van der Waals surface area contributed by atoms with E-state index >= 15 is 0 Å². The van der Waals surface area contributed by atoms with Gasteiger partial charge in [-0.2, -0.15) is 0 Å². The summed E-state index contributed by atoms with van der Waals surface area (Å²) in [4.78, 5) is 1.25. The Morgan fingerprint density at radius 3 is 2.47 bits per heavy atom. The van der Waals surface area contributed by atoms with Crippen molar-refractivity contribution in [1.82, 2.24) is 3.96 Å². The van der Waals surface area contributed by atoms with E-state index in [-0.39, 0.29) is 5.54 Å². The van der Waals surface area contributed by atoms with Crippen molar-refractivity contribution < 1.29 is 4.74 Å². The van der Waals surface area contributed by atoms with E-state index in [1.807, 2.05) is 36.4 Å². The number of fused-ring (bicyclic) bond motifs is 3. The third kappa shape index (κ3) is 3.85. The maximum Gasteiger partial charge on any atom is 0.129 e. The predicted octanol–water partition coefficient (Wildman–Crippen LogP) is 8.14. The molecule has 4 aromatic rings. The fourth-order valence-electron chi connectivity index (χ4n) is 4.00. The number of benzene rings is 3. The monoisotopic (exact) mass is 478 g/mol. The summed E-state index contributed by atoms with van der Waals surface area (Å²) >= 11 is 13.6. The van der Waals surface area contributed by atoms with Crippen LogP contribution in [0.4, 0.5) is 5.69 Å². The molecule has 0 unspecified atom stereocenters. The van der Waals surface area contributed by atoms with E-state index < -0.39 is 0 Å². The van der Waals surface area contributed by atoms with E-state index in [4.69, 9.17) is 28.6 Å². The van der Waals surface area contributed by atoms with Crippen LogP contribution >= 0.6 is 35.4 Å². The lowest BCUT2D eigenvalue weighted by Gasteiger charge is -2.33. The second-order valence-corrected chi connectivity index (χ2v) is 10.4. The summed E-state index contributed by atoms with van der Waals surface area (Å²) in [6.45, 7) is 7.03. The highest BCUT2D eigenvalue weighted by Crippen LogP contribution is 2.47. The highest BCUT2D eigenvalue weighted by Gasteiger charge is 2.34. The average molecular weight is 479 g/mol. The first-order valence-corrected chi connectivity index (χ1v) is 12.0. The summed E-state index contributed by atoms with van der Waals surface area (Å²) in [6.07, 6.45) is 0. The van der Waals surface area contributed by atoms with Gasteiger partial charge in [0.25, 0.3) is 0 Å². The minimum absolute atomic E-state index is 0.192. The summed E-state index contributed by atoms with van der Waals surface area (Å²) in [6, 6.07) is 22.3. The quantitative estimate of drug-likeness (QED) is 0.300. The zero-order valence-electron chi connectivity index (χ0n) is 18.1. The third-order valence-electron chi connectivity index (χ3n) is 5.66. The smallest absolute Gasteiger partial charge is 0.129 e. The Morgan fingerprint density at radius 1 is 1.03 bits per heavy atom. The van der Waals surface area contributed by atoms with Crippen molar-refractivity contribution in [2.45, 2.75) is 32.9 Å². The van der Waals surface area contributed by atoms with E-state index in [0.717, 1.165) is 37.9 Å². The normalized spacial score (nSPS) is 13.8. The van der Waals surface area contributed by atoms with Crippen LogP contribution in [0.15, 0.2) is 66.7 Å². The van der Waals surface area contributed by atoms with E-state index in [1.54, 1.807) is 11.5 Å². The number of anilines is 1. The fourth-order valence-corrected chi connectivity index (χ4v) is 5.78. The summed E-state index contributed by atoms with van der Waals surface area (Å²) in [5, 5.41) is 4.41.